The van der Waals surface area contributed by atoms with E-state index in [1.807, 2.05) is 18.7 Å². The summed E-state index contributed by atoms with van der Waals surface area (Å²) in [6, 6.07) is 6.31. The maximum Gasteiger partial charge on any atom is 0.240 e. The van der Waals surface area contributed by atoms with E-state index in [1.165, 1.54) is 12.1 Å². The fraction of sp³-hybridized carbons (Fsp3) is 0.562. The van der Waals surface area contributed by atoms with Gasteiger partial charge in [0.05, 0.1) is 12.1 Å². The Hall–Kier alpha value is -1.42. The van der Waals surface area contributed by atoms with Crippen LogP contribution in [0, 0.1) is 5.82 Å². The van der Waals surface area contributed by atoms with Crippen molar-refractivity contribution in [3.63, 3.8) is 0 Å². The molecule has 1 aliphatic heterocycles. The van der Waals surface area contributed by atoms with Gasteiger partial charge in [-0.2, -0.15) is 0 Å². The van der Waals surface area contributed by atoms with Crippen molar-refractivity contribution in [3.8, 4) is 0 Å². The van der Waals surface area contributed by atoms with Gasteiger partial charge in [0.2, 0.25) is 5.91 Å². The number of carbonyl (C=O) groups is 1. The van der Waals surface area contributed by atoms with Gasteiger partial charge < -0.3 is 10.2 Å². The number of hydrogen-bond acceptors (Lipinski definition) is 2. The molecular weight excluding hydrogens is 255 g/mol. The van der Waals surface area contributed by atoms with Gasteiger partial charge in [-0.3, -0.25) is 4.79 Å². The van der Waals surface area contributed by atoms with Crippen molar-refractivity contribution in [2.45, 2.75) is 45.2 Å². The van der Waals surface area contributed by atoms with Gasteiger partial charge in [-0.15, -0.1) is 0 Å². The third-order valence-corrected chi connectivity index (χ3v) is 4.05. The number of nitrogens with zero attached hydrogens (tertiary/aromatic N) is 1. The first-order chi connectivity index (χ1) is 9.63. The summed E-state index contributed by atoms with van der Waals surface area (Å²) in [6.45, 7) is 5.56. The topological polar surface area (TPSA) is 32.3 Å². The summed E-state index contributed by atoms with van der Waals surface area (Å²) in [5.41, 5.74) is 0.970. The number of piperidine rings is 1. The molecule has 0 saturated carbocycles. The first-order valence-electron chi connectivity index (χ1n) is 7.42. The highest BCUT2D eigenvalue weighted by atomic mass is 19.1. The van der Waals surface area contributed by atoms with Gasteiger partial charge in [0.1, 0.15) is 5.82 Å². The number of rotatable bonds is 4. The normalized spacial score (nSPS) is 20.4. The molecule has 1 heterocycles. The van der Waals surface area contributed by atoms with E-state index in [1.54, 1.807) is 12.1 Å². The van der Waals surface area contributed by atoms with Crippen LogP contribution in [-0.4, -0.2) is 29.9 Å². The molecule has 1 fully saturated rings. The van der Waals surface area contributed by atoms with Gasteiger partial charge in [-0.1, -0.05) is 18.6 Å². The zero-order chi connectivity index (χ0) is 14.5. The van der Waals surface area contributed by atoms with E-state index in [2.05, 4.69) is 5.32 Å². The minimum absolute atomic E-state index is 0.0307. The number of hydrogen-bond donors (Lipinski definition) is 1. The second-order valence-electron chi connectivity index (χ2n) is 5.35. The van der Waals surface area contributed by atoms with Crippen LogP contribution in [0.3, 0.4) is 0 Å². The fourth-order valence-corrected chi connectivity index (χ4v) is 2.80. The summed E-state index contributed by atoms with van der Waals surface area (Å²) in [5.74, 6) is -0.0895. The van der Waals surface area contributed by atoms with E-state index in [4.69, 9.17) is 0 Å². The third kappa shape index (κ3) is 3.37. The quantitative estimate of drug-likeness (QED) is 0.918. The lowest BCUT2D eigenvalue weighted by atomic mass is 10.0. The molecule has 2 atom stereocenters. The van der Waals surface area contributed by atoms with Crippen LogP contribution in [0.4, 0.5) is 4.39 Å². The Morgan fingerprint density at radius 2 is 2.10 bits per heavy atom. The Bertz CT molecular complexity index is 440. The summed E-state index contributed by atoms with van der Waals surface area (Å²) in [6.07, 6.45) is 3.15. The number of likely N-dealkylation sites (N-methyl/N-ethyl adjacent to an activating group) is 1. The van der Waals surface area contributed by atoms with Crippen molar-refractivity contribution in [1.82, 2.24) is 10.2 Å². The van der Waals surface area contributed by atoms with Crippen LogP contribution in [0.1, 0.15) is 44.7 Å². The Morgan fingerprint density at radius 1 is 1.40 bits per heavy atom. The van der Waals surface area contributed by atoms with Gasteiger partial charge in [0, 0.05) is 6.54 Å². The lowest BCUT2D eigenvalue weighted by Gasteiger charge is -2.33. The van der Waals surface area contributed by atoms with Crippen molar-refractivity contribution >= 4 is 5.91 Å². The Kier molecular flexibility index (Phi) is 5.12. The first-order valence-corrected chi connectivity index (χ1v) is 7.42. The molecule has 1 saturated heterocycles. The molecule has 4 heteroatoms. The average Bonchev–Trinajstić information content (AvgIpc) is 2.49. The van der Waals surface area contributed by atoms with Gasteiger partial charge in [0.25, 0.3) is 0 Å². The van der Waals surface area contributed by atoms with Crippen molar-refractivity contribution in [2.24, 2.45) is 0 Å². The summed E-state index contributed by atoms with van der Waals surface area (Å²) < 4.78 is 13.0. The van der Waals surface area contributed by atoms with E-state index >= 15 is 0 Å². The molecule has 0 aliphatic carbocycles. The molecule has 1 aliphatic rings. The Balaban J connectivity index is 2.09. The monoisotopic (exact) mass is 278 g/mol. The summed E-state index contributed by atoms with van der Waals surface area (Å²) in [4.78, 5) is 14.5. The summed E-state index contributed by atoms with van der Waals surface area (Å²) >= 11 is 0. The molecule has 0 radical (unpaired) electrons. The number of carbonyl (C=O) groups excluding carboxylic acids is 1. The van der Waals surface area contributed by atoms with Crippen molar-refractivity contribution in [1.29, 1.82) is 0 Å². The highest BCUT2D eigenvalue weighted by Gasteiger charge is 2.28. The van der Waals surface area contributed by atoms with Crippen molar-refractivity contribution < 1.29 is 9.18 Å². The van der Waals surface area contributed by atoms with E-state index in [-0.39, 0.29) is 23.8 Å². The maximum absolute atomic E-state index is 13.0. The highest BCUT2D eigenvalue weighted by molar-refractivity contribution is 5.82. The molecule has 20 heavy (non-hydrogen) atoms. The van der Waals surface area contributed by atoms with E-state index < -0.39 is 0 Å². The second kappa shape index (κ2) is 6.84. The third-order valence-electron chi connectivity index (χ3n) is 4.05. The molecule has 0 bridgehead atoms. The summed E-state index contributed by atoms with van der Waals surface area (Å²) in [5, 5.41) is 3.30. The lowest BCUT2D eigenvalue weighted by molar-refractivity contribution is -0.136. The second-order valence-corrected chi connectivity index (χ2v) is 5.35. The Morgan fingerprint density at radius 3 is 2.65 bits per heavy atom. The van der Waals surface area contributed by atoms with Crippen LogP contribution in [-0.2, 0) is 4.79 Å². The molecule has 1 aromatic carbocycles. The molecule has 1 aromatic rings. The maximum atomic E-state index is 13.0. The van der Waals surface area contributed by atoms with Crippen LogP contribution in [0.15, 0.2) is 24.3 Å². The number of halogens is 1. The molecule has 3 nitrogen and oxygen atoms in total. The standard InChI is InChI=1S/C16H23FN2O/c1-3-19(16(20)15-6-4-5-11-18-15)12(2)13-7-9-14(17)10-8-13/h7-10,12,15,18H,3-6,11H2,1-2H3/t12?,15-/m1/s1. The molecule has 110 valence electrons. The van der Waals surface area contributed by atoms with E-state index in [9.17, 15) is 9.18 Å². The van der Waals surface area contributed by atoms with Gasteiger partial charge >= 0.3 is 0 Å². The van der Waals surface area contributed by atoms with Crippen LogP contribution in [0.5, 0.6) is 0 Å². The average molecular weight is 278 g/mol. The molecule has 0 spiro atoms. The van der Waals surface area contributed by atoms with Crippen LogP contribution in [0.25, 0.3) is 0 Å². The smallest absolute Gasteiger partial charge is 0.240 e. The first kappa shape index (κ1) is 15.0. The Labute approximate surface area is 120 Å². The van der Waals surface area contributed by atoms with Crippen molar-refractivity contribution in [3.05, 3.63) is 35.6 Å². The van der Waals surface area contributed by atoms with Crippen LogP contribution in [0.2, 0.25) is 0 Å². The SMILES string of the molecule is CCN(C(=O)[C@H]1CCCCN1)C(C)c1ccc(F)cc1. The number of nitrogens with one attached hydrogen (secondary N) is 1. The van der Waals surface area contributed by atoms with E-state index in [0.717, 1.165) is 31.4 Å². The van der Waals surface area contributed by atoms with Gasteiger partial charge in [-0.25, -0.2) is 4.39 Å². The van der Waals surface area contributed by atoms with Gasteiger partial charge in [0.15, 0.2) is 0 Å². The minimum Gasteiger partial charge on any atom is -0.335 e. The minimum atomic E-state index is -0.246. The van der Waals surface area contributed by atoms with Crippen LogP contribution < -0.4 is 5.32 Å². The zero-order valence-electron chi connectivity index (χ0n) is 12.2. The van der Waals surface area contributed by atoms with Crippen molar-refractivity contribution in [2.75, 3.05) is 13.1 Å². The number of amides is 1. The lowest BCUT2D eigenvalue weighted by Crippen LogP contribution is -2.49. The predicted molar refractivity (Wildman–Crippen MR) is 77.8 cm³/mol. The predicted octanol–water partition coefficient (Wildman–Crippen LogP) is 2.88. The molecule has 2 rings (SSSR count). The molecule has 0 aromatic heterocycles. The zero-order valence-corrected chi connectivity index (χ0v) is 12.2. The van der Waals surface area contributed by atoms with Gasteiger partial charge in [-0.05, 0) is 50.9 Å². The molecule has 1 unspecified atom stereocenters. The van der Waals surface area contributed by atoms with Crippen LogP contribution >= 0.6 is 0 Å². The van der Waals surface area contributed by atoms with E-state index in [0.29, 0.717) is 6.54 Å². The summed E-state index contributed by atoms with van der Waals surface area (Å²) in [7, 11) is 0. The molecule has 1 N–H and O–H groups in total. The fourth-order valence-electron chi connectivity index (χ4n) is 2.80. The number of benzene rings is 1. The highest BCUT2D eigenvalue weighted by Crippen LogP contribution is 2.22. The molecule has 1 amide bonds. The molecular formula is C16H23FN2O. The largest absolute Gasteiger partial charge is 0.335 e.